The third-order valence-electron chi connectivity index (χ3n) is 3.70. The number of aromatic nitrogens is 2. The van der Waals surface area contributed by atoms with Gasteiger partial charge in [-0.2, -0.15) is 0 Å². The Morgan fingerprint density at radius 2 is 1.26 bits per heavy atom. The fraction of sp³-hybridized carbons (Fsp3) is 0.238. The molecule has 3 aromatic rings. The first-order valence-electron chi connectivity index (χ1n) is 8.82. The summed E-state index contributed by atoms with van der Waals surface area (Å²) >= 11 is 0. The van der Waals surface area contributed by atoms with Gasteiger partial charge in [0.2, 0.25) is 0 Å². The number of aryl methyl sites for hydroxylation is 1. The van der Waals surface area contributed by atoms with E-state index in [0.717, 1.165) is 34.5 Å². The van der Waals surface area contributed by atoms with Gasteiger partial charge in [-0.15, -0.1) is 0 Å². The molecule has 0 bridgehead atoms. The molecule has 27 heavy (non-hydrogen) atoms. The van der Waals surface area contributed by atoms with E-state index in [0.29, 0.717) is 5.82 Å². The Morgan fingerprint density at radius 1 is 0.778 bits per heavy atom. The molecule has 0 saturated carbocycles. The van der Waals surface area contributed by atoms with Crippen LogP contribution in [0.25, 0.3) is 0 Å². The Hall–Kier alpha value is -3.28. The zero-order valence-electron chi connectivity index (χ0n) is 16.0. The minimum atomic E-state index is 0.153. The van der Waals surface area contributed by atoms with Gasteiger partial charge in [-0.1, -0.05) is 0 Å². The number of benzene rings is 2. The van der Waals surface area contributed by atoms with E-state index in [1.54, 1.807) is 7.11 Å². The molecule has 1 heterocycles. The quantitative estimate of drug-likeness (QED) is 0.610. The summed E-state index contributed by atoms with van der Waals surface area (Å²) in [6.45, 7) is 5.88. The van der Waals surface area contributed by atoms with Crippen molar-refractivity contribution < 1.29 is 9.47 Å². The fourth-order valence-corrected chi connectivity index (χ4v) is 2.55. The Balaban J connectivity index is 1.72. The van der Waals surface area contributed by atoms with Gasteiger partial charge in [0, 0.05) is 17.4 Å². The molecule has 0 amide bonds. The second kappa shape index (κ2) is 8.40. The normalized spacial score (nSPS) is 10.6. The molecule has 0 unspecified atom stereocenters. The maximum atomic E-state index is 5.67. The van der Waals surface area contributed by atoms with Crippen LogP contribution in [0.15, 0.2) is 54.6 Å². The topological polar surface area (TPSA) is 68.3 Å². The number of nitrogens with one attached hydrogen (secondary N) is 2. The molecule has 6 heteroatoms. The highest BCUT2D eigenvalue weighted by atomic mass is 16.5. The molecule has 1 aromatic heterocycles. The van der Waals surface area contributed by atoms with Gasteiger partial charge in [0.05, 0.1) is 13.2 Å². The molecule has 0 aliphatic carbocycles. The van der Waals surface area contributed by atoms with Crippen LogP contribution < -0.4 is 20.1 Å². The van der Waals surface area contributed by atoms with Crippen molar-refractivity contribution in [2.24, 2.45) is 0 Å². The highest BCUT2D eigenvalue weighted by Gasteiger charge is 2.05. The summed E-state index contributed by atoms with van der Waals surface area (Å²) in [4.78, 5) is 8.90. The molecular weight excluding hydrogens is 340 g/mol. The van der Waals surface area contributed by atoms with Crippen molar-refractivity contribution in [3.63, 3.8) is 0 Å². The van der Waals surface area contributed by atoms with E-state index >= 15 is 0 Å². The first-order chi connectivity index (χ1) is 13.0. The van der Waals surface area contributed by atoms with E-state index in [-0.39, 0.29) is 6.10 Å². The first-order valence-corrected chi connectivity index (χ1v) is 8.82. The standard InChI is InChI=1S/C21H24N4O2/c1-14(2)27-19-11-7-17(8-12-19)25-21-13-20(22-15(3)23-21)24-16-5-9-18(26-4)10-6-16/h5-14H,1-4H3,(H2,22,23,24,25). The van der Waals surface area contributed by atoms with Crippen LogP contribution in [0.5, 0.6) is 11.5 Å². The van der Waals surface area contributed by atoms with E-state index in [4.69, 9.17) is 9.47 Å². The van der Waals surface area contributed by atoms with Gasteiger partial charge in [-0.05, 0) is 69.3 Å². The average Bonchev–Trinajstić information content (AvgIpc) is 2.63. The highest BCUT2D eigenvalue weighted by Crippen LogP contribution is 2.23. The van der Waals surface area contributed by atoms with Gasteiger partial charge in [0.1, 0.15) is 29.0 Å². The Morgan fingerprint density at radius 3 is 1.70 bits per heavy atom. The van der Waals surface area contributed by atoms with Crippen molar-refractivity contribution in [3.8, 4) is 11.5 Å². The number of ether oxygens (including phenoxy) is 2. The molecule has 0 aliphatic heterocycles. The average molecular weight is 364 g/mol. The Labute approximate surface area is 159 Å². The Bertz CT molecular complexity index is 878. The molecule has 2 aromatic carbocycles. The number of hydrogen-bond donors (Lipinski definition) is 2. The van der Waals surface area contributed by atoms with Gasteiger partial charge in [-0.25, -0.2) is 9.97 Å². The Kier molecular flexibility index (Phi) is 5.76. The lowest BCUT2D eigenvalue weighted by atomic mass is 10.3. The molecule has 0 radical (unpaired) electrons. The second-order valence-electron chi connectivity index (χ2n) is 6.36. The fourth-order valence-electron chi connectivity index (χ4n) is 2.55. The molecular formula is C21H24N4O2. The smallest absolute Gasteiger partial charge is 0.136 e. The third-order valence-corrected chi connectivity index (χ3v) is 3.70. The molecule has 3 rings (SSSR count). The lowest BCUT2D eigenvalue weighted by Gasteiger charge is -2.12. The number of rotatable bonds is 7. The zero-order chi connectivity index (χ0) is 19.2. The van der Waals surface area contributed by atoms with Crippen LogP contribution in [0.4, 0.5) is 23.0 Å². The summed E-state index contributed by atoms with van der Waals surface area (Å²) in [6, 6.07) is 17.4. The summed E-state index contributed by atoms with van der Waals surface area (Å²) in [5.41, 5.74) is 1.86. The summed E-state index contributed by atoms with van der Waals surface area (Å²) in [7, 11) is 1.65. The van der Waals surface area contributed by atoms with Gasteiger partial charge >= 0.3 is 0 Å². The number of hydrogen-bond acceptors (Lipinski definition) is 6. The summed E-state index contributed by atoms with van der Waals surface area (Å²) < 4.78 is 10.8. The summed E-state index contributed by atoms with van der Waals surface area (Å²) in [5, 5.41) is 6.59. The zero-order valence-corrected chi connectivity index (χ0v) is 16.0. The van der Waals surface area contributed by atoms with E-state index in [2.05, 4.69) is 20.6 Å². The summed E-state index contributed by atoms with van der Waals surface area (Å²) in [6.07, 6.45) is 0.153. The van der Waals surface area contributed by atoms with Crippen LogP contribution in [0, 0.1) is 6.92 Å². The number of nitrogens with zero attached hydrogens (tertiary/aromatic N) is 2. The molecule has 2 N–H and O–H groups in total. The summed E-state index contributed by atoms with van der Waals surface area (Å²) in [5.74, 6) is 3.77. The highest BCUT2D eigenvalue weighted by molar-refractivity contribution is 5.64. The lowest BCUT2D eigenvalue weighted by Crippen LogP contribution is -2.05. The molecule has 0 atom stereocenters. The molecule has 140 valence electrons. The monoisotopic (exact) mass is 364 g/mol. The van der Waals surface area contributed by atoms with Crippen molar-refractivity contribution in [1.82, 2.24) is 9.97 Å². The predicted molar refractivity (Wildman–Crippen MR) is 109 cm³/mol. The number of anilines is 4. The SMILES string of the molecule is COc1ccc(Nc2cc(Nc3ccc(OC(C)C)cc3)nc(C)n2)cc1. The van der Waals surface area contributed by atoms with Gasteiger partial charge < -0.3 is 20.1 Å². The van der Waals surface area contributed by atoms with Crippen molar-refractivity contribution in [3.05, 3.63) is 60.4 Å². The molecule has 0 fully saturated rings. The molecule has 0 aliphatic rings. The second-order valence-corrected chi connectivity index (χ2v) is 6.36. The van der Waals surface area contributed by atoms with Crippen molar-refractivity contribution in [2.45, 2.75) is 26.9 Å². The number of methoxy groups -OCH3 is 1. The van der Waals surface area contributed by atoms with Crippen LogP contribution in [0.3, 0.4) is 0 Å². The largest absolute Gasteiger partial charge is 0.497 e. The van der Waals surface area contributed by atoms with E-state index in [1.165, 1.54) is 0 Å². The van der Waals surface area contributed by atoms with E-state index in [1.807, 2.05) is 75.4 Å². The molecule has 0 saturated heterocycles. The van der Waals surface area contributed by atoms with Crippen LogP contribution in [-0.2, 0) is 0 Å². The maximum absolute atomic E-state index is 5.67. The molecule has 0 spiro atoms. The lowest BCUT2D eigenvalue weighted by molar-refractivity contribution is 0.242. The first kappa shape index (κ1) is 18.5. The van der Waals surface area contributed by atoms with Crippen LogP contribution in [-0.4, -0.2) is 23.2 Å². The minimum Gasteiger partial charge on any atom is -0.497 e. The van der Waals surface area contributed by atoms with Crippen LogP contribution in [0.2, 0.25) is 0 Å². The van der Waals surface area contributed by atoms with Crippen molar-refractivity contribution >= 4 is 23.0 Å². The maximum Gasteiger partial charge on any atom is 0.136 e. The van der Waals surface area contributed by atoms with Gasteiger partial charge in [0.15, 0.2) is 0 Å². The van der Waals surface area contributed by atoms with Crippen LogP contribution in [0.1, 0.15) is 19.7 Å². The third kappa shape index (κ3) is 5.34. The van der Waals surface area contributed by atoms with Gasteiger partial charge in [-0.3, -0.25) is 0 Å². The van der Waals surface area contributed by atoms with E-state index < -0.39 is 0 Å². The van der Waals surface area contributed by atoms with E-state index in [9.17, 15) is 0 Å². The predicted octanol–water partition coefficient (Wildman–Crippen LogP) is 5.07. The molecule has 6 nitrogen and oxygen atoms in total. The van der Waals surface area contributed by atoms with Crippen molar-refractivity contribution in [1.29, 1.82) is 0 Å². The van der Waals surface area contributed by atoms with Gasteiger partial charge in [0.25, 0.3) is 0 Å². The van der Waals surface area contributed by atoms with Crippen LogP contribution >= 0.6 is 0 Å². The van der Waals surface area contributed by atoms with Crippen molar-refractivity contribution in [2.75, 3.05) is 17.7 Å². The minimum absolute atomic E-state index is 0.153.